The number of methoxy groups -OCH3 is 1. The van der Waals surface area contributed by atoms with Gasteiger partial charge in [0, 0.05) is 11.6 Å². The summed E-state index contributed by atoms with van der Waals surface area (Å²) in [7, 11) is 1.51. The van der Waals surface area contributed by atoms with E-state index in [9.17, 15) is 9.90 Å². The van der Waals surface area contributed by atoms with E-state index in [0.717, 1.165) is 0 Å². The van der Waals surface area contributed by atoms with E-state index in [1.165, 1.54) is 7.11 Å². The number of carbonyl (C=O) groups excluding carboxylic acids is 1. The molecule has 1 aromatic rings. The van der Waals surface area contributed by atoms with Crippen molar-refractivity contribution in [3.05, 3.63) is 23.8 Å². The zero-order valence-electron chi connectivity index (χ0n) is 10.9. The van der Waals surface area contributed by atoms with Crippen LogP contribution in [0.1, 0.15) is 19.4 Å². The molecule has 5 heteroatoms. The molecule has 0 aliphatic rings. The minimum absolute atomic E-state index is 0.0658. The van der Waals surface area contributed by atoms with Crippen molar-refractivity contribution in [1.29, 1.82) is 0 Å². The van der Waals surface area contributed by atoms with E-state index in [1.54, 1.807) is 18.2 Å². The lowest BCUT2D eigenvalue weighted by molar-refractivity contribution is -0.123. The Bertz CT molecular complexity index is 382. The van der Waals surface area contributed by atoms with Gasteiger partial charge in [0.25, 0.3) is 5.91 Å². The predicted molar refractivity (Wildman–Crippen MR) is 67.7 cm³/mol. The summed E-state index contributed by atoms with van der Waals surface area (Å²) in [6, 6.07) is 5.26. The van der Waals surface area contributed by atoms with Gasteiger partial charge in [-0.2, -0.15) is 0 Å². The van der Waals surface area contributed by atoms with E-state index < -0.39 is 0 Å². The van der Waals surface area contributed by atoms with Crippen LogP contribution in [0.2, 0.25) is 0 Å². The van der Waals surface area contributed by atoms with Gasteiger partial charge in [-0.05, 0) is 19.9 Å². The molecule has 0 heterocycles. The second-order valence-electron chi connectivity index (χ2n) is 4.12. The highest BCUT2D eigenvalue weighted by atomic mass is 16.5. The van der Waals surface area contributed by atoms with Gasteiger partial charge in [0.1, 0.15) is 0 Å². The van der Waals surface area contributed by atoms with Crippen molar-refractivity contribution in [3.8, 4) is 11.5 Å². The van der Waals surface area contributed by atoms with Crippen LogP contribution < -0.4 is 14.8 Å². The lowest BCUT2D eigenvalue weighted by Gasteiger charge is -2.14. The summed E-state index contributed by atoms with van der Waals surface area (Å²) in [6.45, 7) is 3.48. The number of carbonyl (C=O) groups is 1. The minimum atomic E-state index is -0.209. The summed E-state index contributed by atoms with van der Waals surface area (Å²) in [5, 5.41) is 11.9. The van der Waals surface area contributed by atoms with Gasteiger partial charge in [-0.15, -0.1) is 0 Å². The lowest BCUT2D eigenvalue weighted by atomic mass is 10.2. The van der Waals surface area contributed by atoms with Gasteiger partial charge in [-0.1, -0.05) is 12.1 Å². The maximum atomic E-state index is 11.5. The van der Waals surface area contributed by atoms with Crippen LogP contribution in [0.4, 0.5) is 0 Å². The third kappa shape index (κ3) is 3.92. The fourth-order valence-electron chi connectivity index (χ4n) is 1.51. The number of ether oxygens (including phenoxy) is 2. The Morgan fingerprint density at radius 2 is 2.17 bits per heavy atom. The molecule has 1 aromatic carbocycles. The SMILES string of the molecule is COc1cccc(CO)c1OCC(=O)NC(C)C. The number of aliphatic hydroxyl groups excluding tert-OH is 1. The average Bonchev–Trinajstić information content (AvgIpc) is 2.34. The molecule has 5 nitrogen and oxygen atoms in total. The molecular weight excluding hydrogens is 234 g/mol. The van der Waals surface area contributed by atoms with Gasteiger partial charge in [0.05, 0.1) is 13.7 Å². The van der Waals surface area contributed by atoms with Gasteiger partial charge >= 0.3 is 0 Å². The molecule has 1 amide bonds. The topological polar surface area (TPSA) is 67.8 Å². The molecule has 0 aliphatic carbocycles. The number of amides is 1. The number of hydrogen-bond acceptors (Lipinski definition) is 4. The van der Waals surface area contributed by atoms with E-state index >= 15 is 0 Å². The molecule has 0 saturated carbocycles. The number of nitrogens with one attached hydrogen (secondary N) is 1. The molecular formula is C13H19NO4. The molecule has 2 N–H and O–H groups in total. The highest BCUT2D eigenvalue weighted by Gasteiger charge is 2.12. The standard InChI is InChI=1S/C13H19NO4/c1-9(2)14-12(16)8-18-13-10(7-15)5-4-6-11(13)17-3/h4-6,9,15H,7-8H2,1-3H3,(H,14,16). The summed E-state index contributed by atoms with van der Waals surface area (Å²) in [5.41, 5.74) is 0.590. The first-order valence-electron chi connectivity index (χ1n) is 5.77. The van der Waals surface area contributed by atoms with Gasteiger partial charge in [-0.3, -0.25) is 4.79 Å². The van der Waals surface area contributed by atoms with Crippen LogP contribution in [0.5, 0.6) is 11.5 Å². The molecule has 0 spiro atoms. The van der Waals surface area contributed by atoms with Crippen LogP contribution in [0, 0.1) is 0 Å². The van der Waals surface area contributed by atoms with Crippen molar-refractivity contribution in [1.82, 2.24) is 5.32 Å². The van der Waals surface area contributed by atoms with Gasteiger partial charge in [-0.25, -0.2) is 0 Å². The summed E-state index contributed by atoms with van der Waals surface area (Å²) < 4.78 is 10.5. The first kappa shape index (κ1) is 14.3. The highest BCUT2D eigenvalue weighted by molar-refractivity contribution is 5.77. The Labute approximate surface area is 107 Å². The van der Waals surface area contributed by atoms with Crippen molar-refractivity contribution >= 4 is 5.91 Å². The summed E-state index contributed by atoms with van der Waals surface area (Å²) in [4.78, 5) is 11.5. The second-order valence-corrected chi connectivity index (χ2v) is 4.12. The van der Waals surface area contributed by atoms with E-state index in [4.69, 9.17) is 9.47 Å². The van der Waals surface area contributed by atoms with E-state index in [1.807, 2.05) is 13.8 Å². The molecule has 0 bridgehead atoms. The van der Waals surface area contributed by atoms with Crippen LogP contribution in [-0.4, -0.2) is 30.8 Å². The van der Waals surface area contributed by atoms with E-state index in [0.29, 0.717) is 17.1 Å². The number of benzene rings is 1. The molecule has 1 rings (SSSR count). The largest absolute Gasteiger partial charge is 0.493 e. The third-order valence-electron chi connectivity index (χ3n) is 2.25. The van der Waals surface area contributed by atoms with E-state index in [-0.39, 0.29) is 25.2 Å². The first-order chi connectivity index (χ1) is 8.58. The number of rotatable bonds is 6. The quantitative estimate of drug-likeness (QED) is 0.796. The fraction of sp³-hybridized carbons (Fsp3) is 0.462. The van der Waals surface area contributed by atoms with Gasteiger partial charge < -0.3 is 19.9 Å². The van der Waals surface area contributed by atoms with Crippen molar-refractivity contribution in [2.75, 3.05) is 13.7 Å². The summed E-state index contributed by atoms with van der Waals surface area (Å²) in [6.07, 6.45) is 0. The normalized spacial score (nSPS) is 10.3. The Kier molecular flexibility index (Phi) is 5.45. The first-order valence-corrected chi connectivity index (χ1v) is 5.77. The van der Waals surface area contributed by atoms with Gasteiger partial charge in [0.2, 0.25) is 0 Å². The Balaban J connectivity index is 2.74. The summed E-state index contributed by atoms with van der Waals surface area (Å²) >= 11 is 0. The van der Waals surface area contributed by atoms with Gasteiger partial charge in [0.15, 0.2) is 18.1 Å². The third-order valence-corrected chi connectivity index (χ3v) is 2.25. The molecule has 0 unspecified atom stereocenters. The zero-order valence-corrected chi connectivity index (χ0v) is 10.9. The average molecular weight is 253 g/mol. The van der Waals surface area contributed by atoms with Crippen molar-refractivity contribution in [2.24, 2.45) is 0 Å². The Hall–Kier alpha value is -1.75. The van der Waals surface area contributed by atoms with Crippen LogP contribution in [-0.2, 0) is 11.4 Å². The zero-order chi connectivity index (χ0) is 13.5. The van der Waals surface area contributed by atoms with Crippen LogP contribution in [0.3, 0.4) is 0 Å². The van der Waals surface area contributed by atoms with Crippen LogP contribution in [0.25, 0.3) is 0 Å². The van der Waals surface area contributed by atoms with Crippen LogP contribution in [0.15, 0.2) is 18.2 Å². The lowest BCUT2D eigenvalue weighted by Crippen LogP contribution is -2.34. The molecule has 0 atom stereocenters. The van der Waals surface area contributed by atoms with Crippen molar-refractivity contribution in [2.45, 2.75) is 26.5 Å². The molecule has 0 radical (unpaired) electrons. The Morgan fingerprint density at radius 1 is 1.44 bits per heavy atom. The number of aliphatic hydroxyl groups is 1. The molecule has 0 fully saturated rings. The monoisotopic (exact) mass is 253 g/mol. The minimum Gasteiger partial charge on any atom is -0.493 e. The predicted octanol–water partition coefficient (Wildman–Crippen LogP) is 1.09. The fourth-order valence-corrected chi connectivity index (χ4v) is 1.51. The van der Waals surface area contributed by atoms with E-state index in [2.05, 4.69) is 5.32 Å². The van der Waals surface area contributed by atoms with Crippen molar-refractivity contribution < 1.29 is 19.4 Å². The molecule has 0 saturated heterocycles. The second kappa shape index (κ2) is 6.86. The smallest absolute Gasteiger partial charge is 0.258 e. The number of para-hydroxylation sites is 1. The van der Waals surface area contributed by atoms with Crippen LogP contribution >= 0.6 is 0 Å². The maximum absolute atomic E-state index is 11.5. The molecule has 18 heavy (non-hydrogen) atoms. The molecule has 100 valence electrons. The molecule has 0 aromatic heterocycles. The molecule has 0 aliphatic heterocycles. The summed E-state index contributed by atoms with van der Waals surface area (Å²) in [5.74, 6) is 0.695. The maximum Gasteiger partial charge on any atom is 0.258 e. The van der Waals surface area contributed by atoms with Crippen molar-refractivity contribution in [3.63, 3.8) is 0 Å². The number of hydrogen-bond donors (Lipinski definition) is 2. The Morgan fingerprint density at radius 3 is 2.72 bits per heavy atom. The highest BCUT2D eigenvalue weighted by Crippen LogP contribution is 2.30.